The summed E-state index contributed by atoms with van der Waals surface area (Å²) >= 11 is 0. The molecule has 0 aliphatic carbocycles. The molecule has 0 aliphatic heterocycles. The van der Waals surface area contributed by atoms with Crippen molar-refractivity contribution in [1.29, 1.82) is 0 Å². The Hall–Kier alpha value is -0.870. The molecule has 4 N–H and O–H groups in total. The van der Waals surface area contributed by atoms with Gasteiger partial charge in [-0.15, -0.1) is 0 Å². The Balaban J connectivity index is 2.35. The molecule has 1 rings (SSSR count). The number of H-pyrrole nitrogens is 1. The lowest BCUT2D eigenvalue weighted by molar-refractivity contribution is 0.493. The van der Waals surface area contributed by atoms with Crippen molar-refractivity contribution in [2.24, 2.45) is 5.73 Å². The number of aromatic amines is 1. The lowest BCUT2D eigenvalue weighted by Gasteiger charge is -2.13. The third-order valence-corrected chi connectivity index (χ3v) is 2.03. The molecule has 0 aliphatic rings. The van der Waals surface area contributed by atoms with E-state index in [2.05, 4.69) is 22.2 Å². The molecule has 13 heavy (non-hydrogen) atoms. The Kier molecular flexibility index (Phi) is 4.49. The summed E-state index contributed by atoms with van der Waals surface area (Å²) in [5.74, 6) is 1.01. The lowest BCUT2D eigenvalue weighted by atomic mass is 10.2. The Morgan fingerprint density at radius 2 is 2.54 bits per heavy atom. The minimum atomic E-state index is 0.335. The highest BCUT2D eigenvalue weighted by atomic mass is 15.0. The highest BCUT2D eigenvalue weighted by Crippen LogP contribution is 2.10. The summed E-state index contributed by atoms with van der Waals surface area (Å²) in [4.78, 5) is 7.33. The van der Waals surface area contributed by atoms with Crippen LogP contribution in [-0.2, 0) is 0 Å². The normalized spacial score (nSPS) is 13.1. The van der Waals surface area contributed by atoms with E-state index >= 15 is 0 Å². The topological polar surface area (TPSA) is 66.7 Å². The van der Waals surface area contributed by atoms with Crippen LogP contribution >= 0.6 is 0 Å². The molecule has 4 nitrogen and oxygen atoms in total. The van der Waals surface area contributed by atoms with Gasteiger partial charge in [-0.2, -0.15) is 0 Å². The van der Waals surface area contributed by atoms with Gasteiger partial charge in [-0.05, 0) is 25.9 Å². The zero-order valence-corrected chi connectivity index (χ0v) is 8.09. The smallest absolute Gasteiger partial charge is 0.123 e. The van der Waals surface area contributed by atoms with Crippen LogP contribution in [0.1, 0.15) is 31.6 Å². The molecule has 0 saturated carbocycles. The van der Waals surface area contributed by atoms with Crippen LogP contribution in [0.25, 0.3) is 0 Å². The third-order valence-electron chi connectivity index (χ3n) is 2.03. The van der Waals surface area contributed by atoms with E-state index in [1.54, 1.807) is 6.20 Å². The Labute approximate surface area is 78.9 Å². The highest BCUT2D eigenvalue weighted by molar-refractivity contribution is 4.94. The highest BCUT2D eigenvalue weighted by Gasteiger charge is 2.09. The Morgan fingerprint density at radius 1 is 1.69 bits per heavy atom. The second-order valence-corrected chi connectivity index (χ2v) is 3.03. The largest absolute Gasteiger partial charge is 0.347 e. The number of nitrogens with zero attached hydrogens (tertiary/aromatic N) is 1. The average Bonchev–Trinajstić information content (AvgIpc) is 2.65. The summed E-state index contributed by atoms with van der Waals surface area (Å²) in [5.41, 5.74) is 5.41. The molecular weight excluding hydrogens is 164 g/mol. The van der Waals surface area contributed by atoms with Crippen molar-refractivity contribution in [3.8, 4) is 0 Å². The average molecular weight is 182 g/mol. The molecule has 1 atom stereocenters. The van der Waals surface area contributed by atoms with E-state index in [0.29, 0.717) is 6.04 Å². The Bertz CT molecular complexity index is 207. The second kappa shape index (κ2) is 5.72. The standard InChI is InChI=1S/C9H18N4/c1-2-8(11-5-3-4-10)9-12-6-7-13-9/h6-8,11H,2-5,10H2,1H3,(H,12,13). The molecule has 0 amide bonds. The van der Waals surface area contributed by atoms with E-state index in [4.69, 9.17) is 5.73 Å². The third kappa shape index (κ3) is 3.16. The molecule has 0 fully saturated rings. The van der Waals surface area contributed by atoms with Crippen LogP contribution in [0.5, 0.6) is 0 Å². The van der Waals surface area contributed by atoms with Crippen LogP contribution in [-0.4, -0.2) is 23.1 Å². The van der Waals surface area contributed by atoms with Crippen molar-refractivity contribution < 1.29 is 0 Å². The number of imidazole rings is 1. The van der Waals surface area contributed by atoms with Gasteiger partial charge in [0.05, 0.1) is 6.04 Å². The molecular formula is C9H18N4. The predicted octanol–water partition coefficient (Wildman–Crippen LogP) is 0.799. The monoisotopic (exact) mass is 182 g/mol. The maximum Gasteiger partial charge on any atom is 0.123 e. The maximum atomic E-state index is 5.41. The summed E-state index contributed by atoms with van der Waals surface area (Å²) in [6, 6.07) is 0.335. The van der Waals surface area contributed by atoms with Crippen molar-refractivity contribution in [2.45, 2.75) is 25.8 Å². The fraction of sp³-hybridized carbons (Fsp3) is 0.667. The van der Waals surface area contributed by atoms with Gasteiger partial charge < -0.3 is 16.0 Å². The second-order valence-electron chi connectivity index (χ2n) is 3.03. The zero-order chi connectivity index (χ0) is 9.52. The quantitative estimate of drug-likeness (QED) is 0.570. The van der Waals surface area contributed by atoms with Gasteiger partial charge in [0.15, 0.2) is 0 Å². The van der Waals surface area contributed by atoms with Crippen molar-refractivity contribution in [3.63, 3.8) is 0 Å². The molecule has 0 bridgehead atoms. The molecule has 1 aromatic rings. The molecule has 1 heterocycles. The first-order valence-electron chi connectivity index (χ1n) is 4.81. The Morgan fingerprint density at radius 3 is 3.08 bits per heavy atom. The van der Waals surface area contributed by atoms with Crippen molar-refractivity contribution in [1.82, 2.24) is 15.3 Å². The van der Waals surface area contributed by atoms with Gasteiger partial charge in [-0.25, -0.2) is 4.98 Å². The first kappa shape index (κ1) is 10.2. The number of aromatic nitrogens is 2. The van der Waals surface area contributed by atoms with Gasteiger partial charge >= 0.3 is 0 Å². The molecule has 0 aromatic carbocycles. The van der Waals surface area contributed by atoms with E-state index in [-0.39, 0.29) is 0 Å². The van der Waals surface area contributed by atoms with E-state index < -0.39 is 0 Å². The van der Waals surface area contributed by atoms with Gasteiger partial charge in [0, 0.05) is 12.4 Å². The molecule has 4 heteroatoms. The summed E-state index contributed by atoms with van der Waals surface area (Å²) < 4.78 is 0. The first-order chi connectivity index (χ1) is 6.38. The van der Waals surface area contributed by atoms with Crippen LogP contribution < -0.4 is 11.1 Å². The SMILES string of the molecule is CCC(NCCCN)c1ncc[nH]1. The van der Waals surface area contributed by atoms with Gasteiger partial charge in [-0.3, -0.25) is 0 Å². The number of hydrogen-bond donors (Lipinski definition) is 3. The van der Waals surface area contributed by atoms with Gasteiger partial charge in [0.1, 0.15) is 5.82 Å². The van der Waals surface area contributed by atoms with E-state index in [1.807, 2.05) is 6.20 Å². The number of rotatable bonds is 6. The van der Waals surface area contributed by atoms with E-state index in [1.165, 1.54) is 0 Å². The number of nitrogens with one attached hydrogen (secondary N) is 2. The summed E-state index contributed by atoms with van der Waals surface area (Å²) in [5, 5.41) is 3.40. The van der Waals surface area contributed by atoms with Gasteiger partial charge in [0.25, 0.3) is 0 Å². The molecule has 0 radical (unpaired) electrons. The van der Waals surface area contributed by atoms with Crippen molar-refractivity contribution in [3.05, 3.63) is 18.2 Å². The summed E-state index contributed by atoms with van der Waals surface area (Å²) in [7, 11) is 0. The molecule has 1 aromatic heterocycles. The first-order valence-corrected chi connectivity index (χ1v) is 4.81. The van der Waals surface area contributed by atoms with Crippen LogP contribution in [0.4, 0.5) is 0 Å². The summed E-state index contributed by atoms with van der Waals surface area (Å²) in [6.45, 7) is 3.83. The summed E-state index contributed by atoms with van der Waals surface area (Å²) in [6.07, 6.45) is 5.68. The van der Waals surface area contributed by atoms with E-state index in [9.17, 15) is 0 Å². The van der Waals surface area contributed by atoms with Crippen LogP contribution in [0, 0.1) is 0 Å². The fourth-order valence-electron chi connectivity index (χ4n) is 1.28. The number of nitrogens with two attached hydrogens (primary N) is 1. The molecule has 74 valence electrons. The van der Waals surface area contributed by atoms with Gasteiger partial charge in [-0.1, -0.05) is 6.92 Å². The van der Waals surface area contributed by atoms with Crippen molar-refractivity contribution in [2.75, 3.05) is 13.1 Å². The minimum Gasteiger partial charge on any atom is -0.347 e. The van der Waals surface area contributed by atoms with Crippen molar-refractivity contribution >= 4 is 0 Å². The maximum absolute atomic E-state index is 5.41. The van der Waals surface area contributed by atoms with Gasteiger partial charge in [0.2, 0.25) is 0 Å². The zero-order valence-electron chi connectivity index (χ0n) is 8.09. The predicted molar refractivity (Wildman–Crippen MR) is 53.3 cm³/mol. The van der Waals surface area contributed by atoms with Crippen LogP contribution in [0.3, 0.4) is 0 Å². The van der Waals surface area contributed by atoms with Crippen LogP contribution in [0.2, 0.25) is 0 Å². The van der Waals surface area contributed by atoms with E-state index in [0.717, 1.165) is 31.8 Å². The molecule has 1 unspecified atom stereocenters. The minimum absolute atomic E-state index is 0.335. The fourth-order valence-corrected chi connectivity index (χ4v) is 1.28. The molecule has 0 spiro atoms. The molecule has 0 saturated heterocycles. The lowest BCUT2D eigenvalue weighted by Crippen LogP contribution is -2.24. The van der Waals surface area contributed by atoms with Crippen LogP contribution in [0.15, 0.2) is 12.4 Å². The number of hydrogen-bond acceptors (Lipinski definition) is 3.